The number of carbonyl (C=O) groups excluding carboxylic acids is 1. The van der Waals surface area contributed by atoms with Gasteiger partial charge in [-0.15, -0.1) is 0 Å². The van der Waals surface area contributed by atoms with E-state index in [0.29, 0.717) is 44.6 Å². The van der Waals surface area contributed by atoms with Crippen molar-refractivity contribution in [3.05, 3.63) is 59.2 Å². The van der Waals surface area contributed by atoms with E-state index in [1.54, 1.807) is 0 Å². The van der Waals surface area contributed by atoms with E-state index in [4.69, 9.17) is 19.3 Å². The van der Waals surface area contributed by atoms with Crippen molar-refractivity contribution in [2.75, 3.05) is 32.9 Å². The van der Waals surface area contributed by atoms with Crippen molar-refractivity contribution in [3.63, 3.8) is 0 Å². The minimum atomic E-state index is -1.13. The molecule has 0 atom stereocenters. The second-order valence-electron chi connectivity index (χ2n) is 11.0. The molecule has 41 heavy (non-hydrogen) atoms. The predicted molar refractivity (Wildman–Crippen MR) is 153 cm³/mol. The van der Waals surface area contributed by atoms with Gasteiger partial charge >= 0.3 is 11.9 Å². The Morgan fingerprint density at radius 3 is 2.24 bits per heavy atom. The van der Waals surface area contributed by atoms with Gasteiger partial charge in [0, 0.05) is 25.6 Å². The maximum Gasteiger partial charge on any atom is 0.335 e. The summed E-state index contributed by atoms with van der Waals surface area (Å²) in [6.07, 6.45) is 10.2. The summed E-state index contributed by atoms with van der Waals surface area (Å²) >= 11 is 0. The van der Waals surface area contributed by atoms with Gasteiger partial charge in [0.05, 0.1) is 36.9 Å². The molecule has 4 rings (SSSR count). The summed E-state index contributed by atoms with van der Waals surface area (Å²) in [5.74, 6) is -1.30. The summed E-state index contributed by atoms with van der Waals surface area (Å²) in [4.78, 5) is 36.9. The number of likely N-dealkylation sites (tertiary alicyclic amines) is 1. The third-order valence-corrected chi connectivity index (χ3v) is 7.67. The molecule has 1 saturated carbocycles. The number of hydrogen-bond donors (Lipinski definition) is 2. The van der Waals surface area contributed by atoms with Crippen molar-refractivity contribution >= 4 is 17.8 Å². The molecule has 0 bridgehead atoms. The van der Waals surface area contributed by atoms with Crippen LogP contribution in [-0.2, 0) is 16.0 Å². The van der Waals surface area contributed by atoms with Crippen LogP contribution in [0.5, 0.6) is 11.5 Å². The SMILES string of the molecule is O=C(O)CC1CN(C(=O)c2cc(C(=O)O)ccc2OCCCc2ccc(OCCCCOC3CCCCC3)cc2)C1. The number of carboxylic acids is 2. The minimum Gasteiger partial charge on any atom is -0.494 e. The van der Waals surface area contributed by atoms with E-state index in [-0.39, 0.29) is 29.4 Å². The number of aliphatic carboxylic acids is 1. The third-order valence-electron chi connectivity index (χ3n) is 7.67. The van der Waals surface area contributed by atoms with E-state index in [2.05, 4.69) is 0 Å². The quantitative estimate of drug-likeness (QED) is 0.257. The summed E-state index contributed by atoms with van der Waals surface area (Å²) in [6.45, 7) is 2.49. The second-order valence-corrected chi connectivity index (χ2v) is 11.0. The molecule has 222 valence electrons. The first-order valence-corrected chi connectivity index (χ1v) is 14.7. The van der Waals surface area contributed by atoms with E-state index in [1.807, 2.05) is 24.3 Å². The highest BCUT2D eigenvalue weighted by Crippen LogP contribution is 2.28. The zero-order valence-electron chi connectivity index (χ0n) is 23.6. The van der Waals surface area contributed by atoms with Crippen LogP contribution in [0.1, 0.15) is 84.1 Å². The Bertz CT molecular complexity index is 1150. The first-order chi connectivity index (χ1) is 19.9. The number of aryl methyl sites for hydroxylation is 1. The van der Waals surface area contributed by atoms with Crippen molar-refractivity contribution in [2.24, 2.45) is 5.92 Å². The van der Waals surface area contributed by atoms with Crippen molar-refractivity contribution in [3.8, 4) is 11.5 Å². The predicted octanol–water partition coefficient (Wildman–Crippen LogP) is 5.45. The zero-order chi connectivity index (χ0) is 29.0. The summed E-state index contributed by atoms with van der Waals surface area (Å²) in [5, 5.41) is 18.3. The van der Waals surface area contributed by atoms with E-state index in [9.17, 15) is 19.5 Å². The molecule has 2 fully saturated rings. The Balaban J connectivity index is 1.17. The van der Waals surface area contributed by atoms with E-state index in [1.165, 1.54) is 55.2 Å². The molecule has 1 aliphatic heterocycles. The molecule has 1 saturated heterocycles. The van der Waals surface area contributed by atoms with Crippen LogP contribution >= 0.6 is 0 Å². The van der Waals surface area contributed by atoms with Crippen LogP contribution < -0.4 is 9.47 Å². The molecule has 9 heteroatoms. The maximum absolute atomic E-state index is 13.0. The number of unbranched alkanes of at least 4 members (excludes halogenated alkanes) is 1. The summed E-state index contributed by atoms with van der Waals surface area (Å²) in [5.41, 5.74) is 1.32. The lowest BCUT2D eigenvalue weighted by atomic mass is 9.95. The Labute approximate surface area is 241 Å². The fourth-order valence-electron chi connectivity index (χ4n) is 5.32. The van der Waals surface area contributed by atoms with Gasteiger partial charge in [0.25, 0.3) is 5.91 Å². The minimum absolute atomic E-state index is 0.00148. The van der Waals surface area contributed by atoms with Crippen molar-refractivity contribution < 1.29 is 38.8 Å². The van der Waals surface area contributed by atoms with Gasteiger partial charge in [-0.2, -0.15) is 0 Å². The van der Waals surface area contributed by atoms with Crippen molar-refractivity contribution in [1.29, 1.82) is 0 Å². The molecule has 2 aromatic rings. The van der Waals surface area contributed by atoms with Gasteiger partial charge in [0.2, 0.25) is 0 Å². The van der Waals surface area contributed by atoms with Gasteiger partial charge in [-0.25, -0.2) is 4.79 Å². The van der Waals surface area contributed by atoms with E-state index < -0.39 is 11.9 Å². The van der Waals surface area contributed by atoms with Gasteiger partial charge in [0.15, 0.2) is 0 Å². The maximum atomic E-state index is 13.0. The number of amides is 1. The van der Waals surface area contributed by atoms with Gasteiger partial charge in [-0.3, -0.25) is 9.59 Å². The van der Waals surface area contributed by atoms with Crippen LogP contribution in [0, 0.1) is 5.92 Å². The first kappa shape index (κ1) is 30.4. The molecule has 1 heterocycles. The lowest BCUT2D eigenvalue weighted by Crippen LogP contribution is -2.50. The monoisotopic (exact) mass is 567 g/mol. The average Bonchev–Trinajstić information content (AvgIpc) is 2.95. The van der Waals surface area contributed by atoms with Crippen LogP contribution in [0.3, 0.4) is 0 Å². The average molecular weight is 568 g/mol. The molecular weight excluding hydrogens is 526 g/mol. The fourth-order valence-corrected chi connectivity index (χ4v) is 5.32. The number of benzene rings is 2. The zero-order valence-corrected chi connectivity index (χ0v) is 23.6. The van der Waals surface area contributed by atoms with Crippen LogP contribution in [0.4, 0.5) is 0 Å². The molecule has 2 aliphatic rings. The normalized spacial score (nSPS) is 15.8. The Kier molecular flexibility index (Phi) is 11.4. The van der Waals surface area contributed by atoms with Gasteiger partial charge < -0.3 is 29.3 Å². The lowest BCUT2D eigenvalue weighted by Gasteiger charge is -2.38. The van der Waals surface area contributed by atoms with Crippen LogP contribution in [0.2, 0.25) is 0 Å². The molecule has 0 radical (unpaired) electrons. The van der Waals surface area contributed by atoms with Gasteiger partial charge in [-0.05, 0) is 74.4 Å². The lowest BCUT2D eigenvalue weighted by molar-refractivity contribution is -0.139. The fraction of sp³-hybridized carbons (Fsp3) is 0.531. The van der Waals surface area contributed by atoms with Crippen LogP contribution in [0.25, 0.3) is 0 Å². The molecular formula is C32H41NO8. The molecule has 0 aromatic heterocycles. The highest BCUT2D eigenvalue weighted by atomic mass is 16.5. The van der Waals surface area contributed by atoms with Crippen LogP contribution in [0.15, 0.2) is 42.5 Å². The Morgan fingerprint density at radius 2 is 1.54 bits per heavy atom. The molecule has 0 unspecified atom stereocenters. The molecule has 1 aliphatic carbocycles. The molecule has 9 nitrogen and oxygen atoms in total. The molecule has 1 amide bonds. The number of carboxylic acid groups (broad SMARTS) is 2. The summed E-state index contributed by atoms with van der Waals surface area (Å²) in [7, 11) is 0. The number of aromatic carboxylic acids is 1. The number of rotatable bonds is 16. The highest BCUT2D eigenvalue weighted by molar-refractivity contribution is 6.00. The highest BCUT2D eigenvalue weighted by Gasteiger charge is 2.34. The van der Waals surface area contributed by atoms with E-state index >= 15 is 0 Å². The number of nitrogens with zero attached hydrogens (tertiary/aromatic N) is 1. The first-order valence-electron chi connectivity index (χ1n) is 14.7. The van der Waals surface area contributed by atoms with Crippen molar-refractivity contribution in [1.82, 2.24) is 4.90 Å². The van der Waals surface area contributed by atoms with Gasteiger partial charge in [-0.1, -0.05) is 31.4 Å². The number of ether oxygens (including phenoxy) is 3. The second kappa shape index (κ2) is 15.4. The Morgan fingerprint density at radius 1 is 0.829 bits per heavy atom. The van der Waals surface area contributed by atoms with Crippen molar-refractivity contribution in [2.45, 2.75) is 70.3 Å². The van der Waals surface area contributed by atoms with Crippen LogP contribution in [-0.4, -0.2) is 72.0 Å². The largest absolute Gasteiger partial charge is 0.494 e. The number of hydrogen-bond acceptors (Lipinski definition) is 6. The Hall–Kier alpha value is -3.59. The summed E-state index contributed by atoms with van der Waals surface area (Å²) < 4.78 is 17.7. The standard InChI is InChI=1S/C32H41NO8/c34-30(35)19-24-21-33(22-24)31(36)28-20-25(32(37)38)12-15-29(28)41-18-6-7-23-10-13-27(14-11-23)40-17-5-4-16-39-26-8-2-1-3-9-26/h10-15,20,24,26H,1-9,16-19,21-22H2,(H,34,35)(H,37,38). The number of carbonyl (C=O) groups is 3. The van der Waals surface area contributed by atoms with E-state index in [0.717, 1.165) is 37.2 Å². The molecule has 2 aromatic carbocycles. The smallest absolute Gasteiger partial charge is 0.335 e. The summed E-state index contributed by atoms with van der Waals surface area (Å²) in [6, 6.07) is 12.3. The third kappa shape index (κ3) is 9.49. The molecule has 2 N–H and O–H groups in total. The van der Waals surface area contributed by atoms with Gasteiger partial charge in [0.1, 0.15) is 11.5 Å². The molecule has 0 spiro atoms. The topological polar surface area (TPSA) is 123 Å².